The Balaban J connectivity index is 0.000000237. The third-order valence-electron chi connectivity index (χ3n) is 11.9. The van der Waals surface area contributed by atoms with Crippen LogP contribution in [0, 0.1) is 11.3 Å². The van der Waals surface area contributed by atoms with Crippen molar-refractivity contribution in [2.24, 2.45) is 14.1 Å². The number of para-hydroxylation sites is 2. The molecule has 0 saturated heterocycles. The summed E-state index contributed by atoms with van der Waals surface area (Å²) in [5, 5.41) is 31.0. The van der Waals surface area contributed by atoms with Crippen molar-refractivity contribution in [3.05, 3.63) is 123 Å². The molecule has 2 amide bonds. The molecule has 4 N–H and O–H groups in total. The summed E-state index contributed by atoms with van der Waals surface area (Å²) in [4.78, 5) is 51.0. The molecule has 4 heterocycles. The number of carbonyl (C=O) groups is 2. The molecule has 0 aliphatic heterocycles. The van der Waals surface area contributed by atoms with Crippen molar-refractivity contribution in [1.82, 2.24) is 49.3 Å². The molecule has 0 aliphatic rings. The first-order valence-electron chi connectivity index (χ1n) is 24.4. The predicted molar refractivity (Wildman–Crippen MR) is 309 cm³/mol. The van der Waals surface area contributed by atoms with Gasteiger partial charge in [0.05, 0.1) is 76.8 Å². The van der Waals surface area contributed by atoms with E-state index < -0.39 is 0 Å². The second-order valence-electron chi connectivity index (χ2n) is 18.0. The summed E-state index contributed by atoms with van der Waals surface area (Å²) in [7, 11) is 19.0. The molecule has 0 saturated carbocycles. The van der Waals surface area contributed by atoms with Gasteiger partial charge in [0.25, 0.3) is 0 Å². The minimum absolute atomic E-state index is 0.307. The molecule has 21 nitrogen and oxygen atoms in total. The summed E-state index contributed by atoms with van der Waals surface area (Å²) >= 11 is 0. The number of hydrogen-bond donors (Lipinski definition) is 4. The van der Waals surface area contributed by atoms with Crippen molar-refractivity contribution in [2.75, 3.05) is 114 Å². The lowest BCUT2D eigenvalue weighted by molar-refractivity contribution is -0.112. The molecule has 0 spiro atoms. The molecule has 4 aromatic carbocycles. The number of ether oxygens (including phenoxy) is 2. The number of nitrogens with one attached hydrogen (secondary N) is 4. The zero-order valence-corrected chi connectivity index (χ0v) is 45.6. The fraction of sp³-hybridized carbons (Fsp3) is 0.268. The van der Waals surface area contributed by atoms with Crippen LogP contribution >= 0.6 is 0 Å². The standard InChI is InChI=1S/2C27H32N8O2.C2H3N/c2*1-7-25(36)29-20-16-21(24(37-6)17-23(20)34(4)15-14-33(2)3)31-27-28-13-12-19(30-27)26-18-10-8-9-11-22(18)35(5)32-26;1-2-3/h2*7-13,16-17H,1,14-15H2,2-6H3,(H,29,36)(H,28,30,31);1H3. The number of benzene rings is 4. The van der Waals surface area contributed by atoms with Crippen molar-refractivity contribution in [2.45, 2.75) is 6.92 Å². The second kappa shape index (κ2) is 26.7. The molecule has 0 aliphatic carbocycles. The zero-order chi connectivity index (χ0) is 55.8. The summed E-state index contributed by atoms with van der Waals surface area (Å²) in [6.07, 6.45) is 5.85. The van der Waals surface area contributed by atoms with Gasteiger partial charge in [0.1, 0.15) is 22.9 Å². The highest BCUT2D eigenvalue weighted by Crippen LogP contribution is 2.40. The number of carbonyl (C=O) groups excluding carboxylic acids is 2. The summed E-state index contributed by atoms with van der Waals surface area (Å²) < 4.78 is 15.1. The quantitative estimate of drug-likeness (QED) is 0.0526. The van der Waals surface area contributed by atoms with E-state index in [9.17, 15) is 9.59 Å². The van der Waals surface area contributed by atoms with Gasteiger partial charge in [-0.3, -0.25) is 19.0 Å². The minimum Gasteiger partial charge on any atom is -0.494 e. The van der Waals surface area contributed by atoms with Gasteiger partial charge in [-0.15, -0.1) is 0 Å². The van der Waals surface area contributed by atoms with E-state index in [4.69, 9.17) is 24.7 Å². The smallest absolute Gasteiger partial charge is 0.247 e. The van der Waals surface area contributed by atoms with Gasteiger partial charge >= 0.3 is 0 Å². The number of amides is 2. The largest absolute Gasteiger partial charge is 0.494 e. The van der Waals surface area contributed by atoms with Crippen LogP contribution in [0.1, 0.15) is 6.92 Å². The Kier molecular flexibility index (Phi) is 19.7. The van der Waals surface area contributed by atoms with Gasteiger partial charge in [-0.1, -0.05) is 49.6 Å². The van der Waals surface area contributed by atoms with E-state index in [1.807, 2.05) is 151 Å². The first-order valence-corrected chi connectivity index (χ1v) is 24.4. The third-order valence-corrected chi connectivity index (χ3v) is 11.9. The van der Waals surface area contributed by atoms with E-state index in [0.717, 1.165) is 70.7 Å². The Labute approximate surface area is 449 Å². The number of aromatic nitrogens is 8. The molecular formula is C56H67N17O4. The van der Waals surface area contributed by atoms with Gasteiger partial charge in [-0.05, 0) is 76.7 Å². The molecule has 0 atom stereocenters. The molecule has 4 aromatic heterocycles. The Morgan fingerprint density at radius 1 is 0.610 bits per heavy atom. The number of aryl methyl sites for hydroxylation is 2. The molecule has 400 valence electrons. The van der Waals surface area contributed by atoms with Crippen molar-refractivity contribution < 1.29 is 19.1 Å². The Bertz CT molecular complexity index is 3180. The maximum Gasteiger partial charge on any atom is 0.247 e. The van der Waals surface area contributed by atoms with E-state index in [2.05, 4.69) is 74.2 Å². The van der Waals surface area contributed by atoms with Crippen molar-refractivity contribution in [1.29, 1.82) is 5.26 Å². The van der Waals surface area contributed by atoms with E-state index in [1.54, 1.807) is 32.7 Å². The fourth-order valence-corrected chi connectivity index (χ4v) is 7.96. The fourth-order valence-electron chi connectivity index (χ4n) is 7.96. The third kappa shape index (κ3) is 14.5. The maximum atomic E-state index is 12.2. The molecular weight excluding hydrogens is 975 g/mol. The Hall–Kier alpha value is -9.39. The Morgan fingerprint density at radius 2 is 0.987 bits per heavy atom. The van der Waals surface area contributed by atoms with Crippen LogP contribution in [0.2, 0.25) is 0 Å². The van der Waals surface area contributed by atoms with Crippen LogP contribution in [0.15, 0.2) is 123 Å². The van der Waals surface area contributed by atoms with Gasteiger partial charge in [0, 0.05) is 96.6 Å². The van der Waals surface area contributed by atoms with E-state index in [0.29, 0.717) is 57.5 Å². The van der Waals surface area contributed by atoms with Gasteiger partial charge in [0.15, 0.2) is 0 Å². The van der Waals surface area contributed by atoms with Crippen molar-refractivity contribution in [3.8, 4) is 40.3 Å². The van der Waals surface area contributed by atoms with Crippen LogP contribution in [-0.4, -0.2) is 144 Å². The van der Waals surface area contributed by atoms with Crippen molar-refractivity contribution >= 4 is 79.6 Å². The van der Waals surface area contributed by atoms with E-state index in [1.165, 1.54) is 19.1 Å². The average molecular weight is 1040 g/mol. The highest BCUT2D eigenvalue weighted by Gasteiger charge is 2.20. The number of nitriles is 1. The number of fused-ring (bicyclic) bond motifs is 2. The topological polar surface area (TPSA) is 225 Å². The highest BCUT2D eigenvalue weighted by molar-refractivity contribution is 6.03. The predicted octanol–water partition coefficient (Wildman–Crippen LogP) is 8.34. The lowest BCUT2D eigenvalue weighted by atomic mass is 10.1. The molecule has 77 heavy (non-hydrogen) atoms. The Morgan fingerprint density at radius 3 is 1.34 bits per heavy atom. The number of anilines is 8. The summed E-state index contributed by atoms with van der Waals surface area (Å²) in [5.74, 6) is 1.30. The van der Waals surface area contributed by atoms with Crippen molar-refractivity contribution in [3.63, 3.8) is 0 Å². The van der Waals surface area contributed by atoms with Gasteiger partial charge in [-0.25, -0.2) is 19.9 Å². The van der Waals surface area contributed by atoms with Gasteiger partial charge in [-0.2, -0.15) is 15.5 Å². The zero-order valence-electron chi connectivity index (χ0n) is 45.6. The first kappa shape index (κ1) is 56.9. The number of nitrogens with zero attached hydrogens (tertiary/aromatic N) is 13. The van der Waals surface area contributed by atoms with Crippen LogP contribution in [0.25, 0.3) is 44.6 Å². The maximum absolute atomic E-state index is 12.2. The molecule has 0 radical (unpaired) electrons. The molecule has 8 rings (SSSR count). The lowest BCUT2D eigenvalue weighted by Crippen LogP contribution is -2.29. The van der Waals surface area contributed by atoms with Crippen LogP contribution in [0.5, 0.6) is 11.5 Å². The second-order valence-corrected chi connectivity index (χ2v) is 18.0. The van der Waals surface area contributed by atoms with Crippen LogP contribution in [-0.2, 0) is 23.7 Å². The SMILES string of the molecule is C=CC(=O)Nc1cc(Nc2nccc(-c3nn(C)c4ccccc34)n2)c(OC)cc1N(C)CCN(C)C.C=CC(=O)Nc1cc(Nc2nccc(-c3nn(C)c4ccccc34)n2)c(OC)cc1N(C)CCN(C)C.CC#N. The molecule has 0 unspecified atom stereocenters. The molecule has 0 bridgehead atoms. The number of hydrogen-bond acceptors (Lipinski definition) is 17. The molecule has 21 heteroatoms. The lowest BCUT2D eigenvalue weighted by Gasteiger charge is -2.26. The first-order chi connectivity index (χ1) is 37.0. The minimum atomic E-state index is -0.307. The summed E-state index contributed by atoms with van der Waals surface area (Å²) in [5.41, 5.74) is 9.02. The van der Waals surface area contributed by atoms with Gasteiger partial charge < -0.3 is 50.3 Å². The average Bonchev–Trinajstić information content (AvgIpc) is 3.95. The van der Waals surface area contributed by atoms with Crippen LogP contribution in [0.4, 0.5) is 46.0 Å². The number of methoxy groups -OCH3 is 2. The number of likely N-dealkylation sites (N-methyl/N-ethyl adjacent to an activating group) is 4. The van der Waals surface area contributed by atoms with Gasteiger partial charge in [0.2, 0.25) is 23.7 Å². The van der Waals surface area contributed by atoms with E-state index >= 15 is 0 Å². The monoisotopic (exact) mass is 1040 g/mol. The summed E-state index contributed by atoms with van der Waals surface area (Å²) in [6, 6.07) is 28.8. The summed E-state index contributed by atoms with van der Waals surface area (Å²) in [6.45, 7) is 11.8. The molecule has 8 aromatic rings. The van der Waals surface area contributed by atoms with Crippen LogP contribution in [0.3, 0.4) is 0 Å². The van der Waals surface area contributed by atoms with Crippen LogP contribution < -0.4 is 40.5 Å². The normalized spacial score (nSPS) is 10.6. The number of rotatable bonds is 20. The van der Waals surface area contributed by atoms with E-state index in [-0.39, 0.29) is 11.8 Å². The highest BCUT2D eigenvalue weighted by atomic mass is 16.5. The molecule has 0 fully saturated rings.